The SMILES string of the molecule is COc1cc(OC)cc(-c2cc(/C=C/C(=O)c3ccc(Cl)c(Cl)c3)[nH]n2)c1. The third-order valence-corrected chi connectivity index (χ3v) is 4.60. The predicted molar refractivity (Wildman–Crippen MR) is 107 cm³/mol. The van der Waals surface area contributed by atoms with E-state index in [0.717, 1.165) is 5.56 Å². The van der Waals surface area contributed by atoms with Gasteiger partial charge in [-0.1, -0.05) is 23.2 Å². The molecule has 0 aliphatic heterocycles. The number of rotatable bonds is 6. The third-order valence-electron chi connectivity index (χ3n) is 3.86. The van der Waals surface area contributed by atoms with Crippen LogP contribution in [-0.2, 0) is 0 Å². The van der Waals surface area contributed by atoms with Gasteiger partial charge in [-0.15, -0.1) is 0 Å². The molecule has 1 heterocycles. The van der Waals surface area contributed by atoms with E-state index in [-0.39, 0.29) is 5.78 Å². The summed E-state index contributed by atoms with van der Waals surface area (Å²) >= 11 is 11.8. The molecule has 2 aromatic carbocycles. The fourth-order valence-electron chi connectivity index (χ4n) is 2.44. The van der Waals surface area contributed by atoms with E-state index in [9.17, 15) is 4.79 Å². The molecule has 0 saturated carbocycles. The van der Waals surface area contributed by atoms with Gasteiger partial charge in [0.15, 0.2) is 5.78 Å². The van der Waals surface area contributed by atoms with Gasteiger partial charge in [0.25, 0.3) is 0 Å². The summed E-state index contributed by atoms with van der Waals surface area (Å²) in [5.74, 6) is 1.14. The first kappa shape index (κ1) is 19.0. The van der Waals surface area contributed by atoms with Gasteiger partial charge < -0.3 is 9.47 Å². The van der Waals surface area contributed by atoms with E-state index < -0.39 is 0 Å². The van der Waals surface area contributed by atoms with E-state index in [1.54, 1.807) is 38.5 Å². The Hall–Kier alpha value is -2.76. The molecule has 7 heteroatoms. The molecule has 0 radical (unpaired) electrons. The molecule has 0 spiro atoms. The van der Waals surface area contributed by atoms with Gasteiger partial charge in [-0.2, -0.15) is 5.10 Å². The van der Waals surface area contributed by atoms with Gasteiger partial charge in [0.2, 0.25) is 0 Å². The number of benzene rings is 2. The molecule has 0 bridgehead atoms. The zero-order valence-corrected chi connectivity index (χ0v) is 16.1. The largest absolute Gasteiger partial charge is 0.497 e. The average Bonchev–Trinajstić information content (AvgIpc) is 3.16. The normalized spacial score (nSPS) is 11.0. The van der Waals surface area contributed by atoms with Gasteiger partial charge in [0.05, 0.1) is 35.7 Å². The molecular weight excluding hydrogens is 387 g/mol. The van der Waals surface area contributed by atoms with Crippen LogP contribution in [0.3, 0.4) is 0 Å². The van der Waals surface area contributed by atoms with Crippen molar-refractivity contribution < 1.29 is 14.3 Å². The molecule has 3 rings (SSSR count). The Balaban J connectivity index is 1.80. The second kappa shape index (κ2) is 8.29. The average molecular weight is 403 g/mol. The Bertz CT molecular complexity index is 990. The van der Waals surface area contributed by atoms with Gasteiger partial charge in [0.1, 0.15) is 11.5 Å². The van der Waals surface area contributed by atoms with E-state index in [4.69, 9.17) is 32.7 Å². The van der Waals surface area contributed by atoms with Crippen LogP contribution in [0, 0.1) is 0 Å². The van der Waals surface area contributed by atoms with Crippen LogP contribution in [0.1, 0.15) is 16.1 Å². The number of aromatic amines is 1. The van der Waals surface area contributed by atoms with Crippen LogP contribution in [0.2, 0.25) is 10.0 Å². The number of hydrogen-bond donors (Lipinski definition) is 1. The first-order valence-electron chi connectivity index (χ1n) is 7.96. The lowest BCUT2D eigenvalue weighted by Gasteiger charge is -2.06. The van der Waals surface area contributed by atoms with Crippen molar-refractivity contribution >= 4 is 35.1 Å². The van der Waals surface area contributed by atoms with Gasteiger partial charge >= 0.3 is 0 Å². The summed E-state index contributed by atoms with van der Waals surface area (Å²) in [6, 6.07) is 12.1. The van der Waals surface area contributed by atoms with Gasteiger partial charge in [-0.05, 0) is 48.6 Å². The number of methoxy groups -OCH3 is 2. The molecule has 0 atom stereocenters. The van der Waals surface area contributed by atoms with Gasteiger partial charge in [-0.25, -0.2) is 0 Å². The highest BCUT2D eigenvalue weighted by Gasteiger charge is 2.09. The maximum Gasteiger partial charge on any atom is 0.185 e. The quantitative estimate of drug-likeness (QED) is 0.448. The topological polar surface area (TPSA) is 64.2 Å². The van der Waals surface area contributed by atoms with Gasteiger partial charge in [-0.3, -0.25) is 9.89 Å². The molecule has 0 saturated heterocycles. The number of carbonyl (C=O) groups is 1. The summed E-state index contributed by atoms with van der Waals surface area (Å²) in [4.78, 5) is 12.3. The van der Waals surface area contributed by atoms with Crippen molar-refractivity contribution in [3.05, 3.63) is 69.8 Å². The summed E-state index contributed by atoms with van der Waals surface area (Å²) in [5.41, 5.74) is 2.67. The fraction of sp³-hybridized carbons (Fsp3) is 0.100. The van der Waals surface area contributed by atoms with Gasteiger partial charge in [0, 0.05) is 17.2 Å². The molecule has 3 aromatic rings. The Labute approximate surface area is 166 Å². The monoisotopic (exact) mass is 402 g/mol. The second-order valence-electron chi connectivity index (χ2n) is 5.64. The number of ketones is 1. The second-order valence-corrected chi connectivity index (χ2v) is 6.45. The Kier molecular flexibility index (Phi) is 5.84. The predicted octanol–water partition coefficient (Wildman–Crippen LogP) is 5.30. The van der Waals surface area contributed by atoms with Crippen molar-refractivity contribution in [3.8, 4) is 22.8 Å². The minimum Gasteiger partial charge on any atom is -0.497 e. The highest BCUT2D eigenvalue weighted by molar-refractivity contribution is 6.42. The molecule has 0 unspecified atom stereocenters. The van der Waals surface area contributed by atoms with E-state index in [0.29, 0.717) is 38.5 Å². The summed E-state index contributed by atoms with van der Waals surface area (Å²) in [7, 11) is 3.18. The number of nitrogens with one attached hydrogen (secondary N) is 1. The number of ether oxygens (including phenoxy) is 2. The van der Waals surface area contributed by atoms with Crippen molar-refractivity contribution in [3.63, 3.8) is 0 Å². The summed E-state index contributed by atoms with van der Waals surface area (Å²) in [5, 5.41) is 7.91. The molecule has 1 aromatic heterocycles. The minimum atomic E-state index is -0.187. The molecular formula is C20H16Cl2N2O3. The molecule has 0 aliphatic carbocycles. The lowest BCUT2D eigenvalue weighted by atomic mass is 10.1. The van der Waals surface area contributed by atoms with Crippen molar-refractivity contribution in [1.82, 2.24) is 10.2 Å². The summed E-state index contributed by atoms with van der Waals surface area (Å²) in [6.45, 7) is 0. The zero-order valence-electron chi connectivity index (χ0n) is 14.6. The van der Waals surface area contributed by atoms with E-state index in [1.807, 2.05) is 18.2 Å². The Morgan fingerprint density at radius 2 is 1.70 bits per heavy atom. The number of aromatic nitrogens is 2. The highest BCUT2D eigenvalue weighted by atomic mass is 35.5. The molecule has 27 heavy (non-hydrogen) atoms. The van der Waals surface area contributed by atoms with Crippen LogP contribution in [0.5, 0.6) is 11.5 Å². The first-order chi connectivity index (χ1) is 13.0. The third kappa shape index (κ3) is 4.51. The molecule has 138 valence electrons. The number of carbonyl (C=O) groups excluding carboxylic acids is 1. The zero-order chi connectivity index (χ0) is 19.4. The van der Waals surface area contributed by atoms with E-state index in [2.05, 4.69) is 10.2 Å². The van der Waals surface area contributed by atoms with Crippen molar-refractivity contribution in [2.24, 2.45) is 0 Å². The summed E-state index contributed by atoms with van der Waals surface area (Å²) in [6.07, 6.45) is 3.10. The number of nitrogens with zero attached hydrogens (tertiary/aromatic N) is 1. The Morgan fingerprint density at radius 1 is 1.00 bits per heavy atom. The number of hydrogen-bond acceptors (Lipinski definition) is 4. The minimum absolute atomic E-state index is 0.187. The molecule has 0 fully saturated rings. The standard InChI is InChI=1S/C20H16Cl2N2O3/c1-26-15-7-13(8-16(11-15)27-2)19-10-14(23-24-19)4-6-20(25)12-3-5-17(21)18(22)9-12/h3-11H,1-2H3,(H,23,24)/b6-4+. The van der Waals surface area contributed by atoms with E-state index in [1.165, 1.54) is 12.1 Å². The number of H-pyrrole nitrogens is 1. The molecule has 0 aliphatic rings. The van der Waals surface area contributed by atoms with Crippen LogP contribution in [-0.4, -0.2) is 30.2 Å². The van der Waals surface area contributed by atoms with Crippen LogP contribution in [0.25, 0.3) is 17.3 Å². The maximum absolute atomic E-state index is 12.3. The van der Waals surface area contributed by atoms with Crippen molar-refractivity contribution in [2.45, 2.75) is 0 Å². The first-order valence-corrected chi connectivity index (χ1v) is 8.72. The lowest BCUT2D eigenvalue weighted by molar-refractivity contribution is 0.104. The van der Waals surface area contributed by atoms with Crippen LogP contribution >= 0.6 is 23.2 Å². The van der Waals surface area contributed by atoms with Crippen molar-refractivity contribution in [2.75, 3.05) is 14.2 Å². The Morgan fingerprint density at radius 3 is 2.33 bits per heavy atom. The fourth-order valence-corrected chi connectivity index (χ4v) is 2.73. The molecule has 5 nitrogen and oxygen atoms in total. The van der Waals surface area contributed by atoms with Crippen LogP contribution in [0.4, 0.5) is 0 Å². The number of halogens is 2. The highest BCUT2D eigenvalue weighted by Crippen LogP contribution is 2.29. The van der Waals surface area contributed by atoms with E-state index >= 15 is 0 Å². The molecule has 1 N–H and O–H groups in total. The number of allylic oxidation sites excluding steroid dienone is 1. The lowest BCUT2D eigenvalue weighted by Crippen LogP contribution is -1.93. The van der Waals surface area contributed by atoms with Crippen molar-refractivity contribution in [1.29, 1.82) is 0 Å². The molecule has 0 amide bonds. The van der Waals surface area contributed by atoms with Crippen LogP contribution < -0.4 is 9.47 Å². The summed E-state index contributed by atoms with van der Waals surface area (Å²) < 4.78 is 10.5. The van der Waals surface area contributed by atoms with Crippen LogP contribution in [0.15, 0.2) is 48.5 Å². The maximum atomic E-state index is 12.3. The smallest absolute Gasteiger partial charge is 0.185 e.